The number of amides is 4. The highest BCUT2D eigenvalue weighted by Gasteiger charge is 2.36. The molecule has 1 N–H and O–H groups in total. The Labute approximate surface area is 197 Å². The molecule has 0 aromatic heterocycles. The van der Waals surface area contributed by atoms with Crippen molar-refractivity contribution in [2.24, 2.45) is 0 Å². The summed E-state index contributed by atoms with van der Waals surface area (Å²) in [5, 5.41) is 2.20. The number of anilines is 1. The summed E-state index contributed by atoms with van der Waals surface area (Å²) < 4.78 is 19.8. The molecule has 1 aliphatic heterocycles. The number of urea groups is 1. The lowest BCUT2D eigenvalue weighted by Crippen LogP contribution is -2.54. The number of nitrogens with zero attached hydrogens (tertiary/aromatic N) is 1. The Morgan fingerprint density at radius 1 is 1.00 bits per heavy atom. The standard InChI is InChI=1S/C25H18BrFN2O4/c1-33-19-10-8-18(9-11-19)29-24(31)20(23(30)28-25(29)32)12-15-6-7-16(21(26)13-15)14-17-4-2-3-5-22(17)27/h2-13H,14H2,1H3,(H,28,30,32)/b20-12+. The number of benzene rings is 3. The van der Waals surface area contributed by atoms with Crippen molar-refractivity contribution < 1.29 is 23.5 Å². The van der Waals surface area contributed by atoms with Crippen LogP contribution in [-0.2, 0) is 16.0 Å². The van der Waals surface area contributed by atoms with E-state index in [4.69, 9.17) is 4.74 Å². The molecule has 33 heavy (non-hydrogen) atoms. The van der Waals surface area contributed by atoms with E-state index in [0.29, 0.717) is 33.5 Å². The zero-order chi connectivity index (χ0) is 23.5. The maximum absolute atomic E-state index is 14.0. The summed E-state index contributed by atoms with van der Waals surface area (Å²) in [6.07, 6.45) is 1.79. The van der Waals surface area contributed by atoms with Crippen molar-refractivity contribution in [2.45, 2.75) is 6.42 Å². The summed E-state index contributed by atoms with van der Waals surface area (Å²) in [4.78, 5) is 38.7. The van der Waals surface area contributed by atoms with Gasteiger partial charge in [0, 0.05) is 10.9 Å². The Morgan fingerprint density at radius 2 is 1.73 bits per heavy atom. The van der Waals surface area contributed by atoms with Crippen molar-refractivity contribution in [1.82, 2.24) is 5.32 Å². The number of ether oxygens (including phenoxy) is 1. The second-order valence-electron chi connectivity index (χ2n) is 7.27. The van der Waals surface area contributed by atoms with E-state index in [-0.39, 0.29) is 11.4 Å². The first-order valence-corrected chi connectivity index (χ1v) is 10.7. The van der Waals surface area contributed by atoms with E-state index in [1.807, 2.05) is 0 Å². The van der Waals surface area contributed by atoms with Gasteiger partial charge in [-0.15, -0.1) is 0 Å². The Morgan fingerprint density at radius 3 is 2.39 bits per heavy atom. The van der Waals surface area contributed by atoms with Gasteiger partial charge in [-0.3, -0.25) is 14.9 Å². The molecule has 4 amide bonds. The first kappa shape index (κ1) is 22.4. The van der Waals surface area contributed by atoms with Crippen LogP contribution in [0.25, 0.3) is 6.08 Å². The molecular formula is C25H18BrFN2O4. The number of imide groups is 2. The lowest BCUT2D eigenvalue weighted by atomic mass is 10.0. The van der Waals surface area contributed by atoms with Crippen LogP contribution in [0.3, 0.4) is 0 Å². The highest BCUT2D eigenvalue weighted by atomic mass is 79.9. The second-order valence-corrected chi connectivity index (χ2v) is 8.13. The quantitative estimate of drug-likeness (QED) is 0.394. The van der Waals surface area contributed by atoms with E-state index >= 15 is 0 Å². The van der Waals surface area contributed by atoms with Crippen LogP contribution >= 0.6 is 15.9 Å². The predicted octanol–water partition coefficient (Wildman–Crippen LogP) is 4.85. The van der Waals surface area contributed by atoms with Gasteiger partial charge in [0.25, 0.3) is 11.8 Å². The number of rotatable bonds is 5. The number of hydrogen-bond acceptors (Lipinski definition) is 4. The van der Waals surface area contributed by atoms with Crippen LogP contribution in [0.2, 0.25) is 0 Å². The highest BCUT2D eigenvalue weighted by Crippen LogP contribution is 2.27. The molecule has 8 heteroatoms. The average Bonchev–Trinajstić information content (AvgIpc) is 2.80. The molecule has 3 aromatic rings. The van der Waals surface area contributed by atoms with E-state index in [9.17, 15) is 18.8 Å². The van der Waals surface area contributed by atoms with Gasteiger partial charge in [0.2, 0.25) is 0 Å². The third-order valence-electron chi connectivity index (χ3n) is 5.16. The van der Waals surface area contributed by atoms with Crippen molar-refractivity contribution in [2.75, 3.05) is 12.0 Å². The maximum Gasteiger partial charge on any atom is 0.335 e. The summed E-state index contributed by atoms with van der Waals surface area (Å²) in [6.45, 7) is 0. The number of barbiturate groups is 1. The van der Waals surface area contributed by atoms with Gasteiger partial charge in [0.05, 0.1) is 12.8 Å². The van der Waals surface area contributed by atoms with Gasteiger partial charge in [-0.25, -0.2) is 14.1 Å². The van der Waals surface area contributed by atoms with Crippen LogP contribution in [0.15, 0.2) is 76.8 Å². The van der Waals surface area contributed by atoms with Gasteiger partial charge >= 0.3 is 6.03 Å². The lowest BCUT2D eigenvalue weighted by Gasteiger charge is -2.26. The lowest BCUT2D eigenvalue weighted by molar-refractivity contribution is -0.122. The molecule has 1 aliphatic rings. The van der Waals surface area contributed by atoms with Gasteiger partial charge in [0.1, 0.15) is 17.1 Å². The molecule has 4 rings (SSSR count). The zero-order valence-electron chi connectivity index (χ0n) is 17.5. The molecule has 1 fully saturated rings. The van der Waals surface area contributed by atoms with Crippen molar-refractivity contribution in [3.8, 4) is 5.75 Å². The molecule has 0 saturated carbocycles. The first-order valence-electron chi connectivity index (χ1n) is 9.94. The van der Waals surface area contributed by atoms with Crippen LogP contribution in [0, 0.1) is 5.82 Å². The molecule has 166 valence electrons. The minimum absolute atomic E-state index is 0.181. The third-order valence-corrected chi connectivity index (χ3v) is 5.90. The van der Waals surface area contributed by atoms with Gasteiger partial charge in [-0.05, 0) is 59.2 Å². The fourth-order valence-electron chi connectivity index (χ4n) is 3.43. The topological polar surface area (TPSA) is 75.7 Å². The van der Waals surface area contributed by atoms with Crippen molar-refractivity contribution >= 4 is 45.5 Å². The summed E-state index contributed by atoms with van der Waals surface area (Å²) in [6, 6.07) is 17.3. The molecule has 3 aromatic carbocycles. The normalized spacial score (nSPS) is 15.1. The second kappa shape index (κ2) is 9.38. The molecule has 0 unspecified atom stereocenters. The van der Waals surface area contributed by atoms with Crippen LogP contribution in [0.5, 0.6) is 5.75 Å². The molecule has 0 atom stereocenters. The largest absolute Gasteiger partial charge is 0.497 e. The molecule has 6 nitrogen and oxygen atoms in total. The van der Waals surface area contributed by atoms with E-state index in [1.165, 1.54) is 19.3 Å². The molecule has 0 spiro atoms. The van der Waals surface area contributed by atoms with Gasteiger partial charge in [-0.2, -0.15) is 0 Å². The Kier molecular flexibility index (Phi) is 6.37. The summed E-state index contributed by atoms with van der Waals surface area (Å²) >= 11 is 3.48. The van der Waals surface area contributed by atoms with E-state index in [0.717, 1.165) is 10.5 Å². The fourth-order valence-corrected chi connectivity index (χ4v) is 3.97. The highest BCUT2D eigenvalue weighted by molar-refractivity contribution is 9.10. The number of carbonyl (C=O) groups excluding carboxylic acids is 3. The van der Waals surface area contributed by atoms with E-state index < -0.39 is 17.8 Å². The van der Waals surface area contributed by atoms with Crippen LogP contribution in [0.1, 0.15) is 16.7 Å². The van der Waals surface area contributed by atoms with Gasteiger partial charge < -0.3 is 4.74 Å². The number of nitrogens with one attached hydrogen (secondary N) is 1. The predicted molar refractivity (Wildman–Crippen MR) is 125 cm³/mol. The first-order chi connectivity index (χ1) is 15.9. The molecular weight excluding hydrogens is 491 g/mol. The Balaban J connectivity index is 1.62. The van der Waals surface area contributed by atoms with Crippen LogP contribution in [-0.4, -0.2) is 25.0 Å². The van der Waals surface area contributed by atoms with Crippen LogP contribution < -0.4 is 15.0 Å². The van der Waals surface area contributed by atoms with Crippen molar-refractivity contribution in [3.05, 3.63) is 99.3 Å². The van der Waals surface area contributed by atoms with Gasteiger partial charge in [0.15, 0.2) is 0 Å². The molecule has 0 radical (unpaired) electrons. The Hall–Kier alpha value is -3.78. The minimum Gasteiger partial charge on any atom is -0.497 e. The smallest absolute Gasteiger partial charge is 0.335 e. The van der Waals surface area contributed by atoms with Crippen molar-refractivity contribution in [1.29, 1.82) is 0 Å². The molecule has 1 saturated heterocycles. The number of halogens is 2. The number of hydrogen-bond donors (Lipinski definition) is 1. The Bertz CT molecular complexity index is 1290. The molecule has 0 bridgehead atoms. The fraction of sp³-hybridized carbons (Fsp3) is 0.0800. The zero-order valence-corrected chi connectivity index (χ0v) is 19.1. The third kappa shape index (κ3) is 4.70. The number of methoxy groups -OCH3 is 1. The van der Waals surface area contributed by atoms with E-state index in [1.54, 1.807) is 60.7 Å². The SMILES string of the molecule is COc1ccc(N2C(=O)NC(=O)/C(=C\c3ccc(Cc4ccccc4F)c(Br)c3)C2=O)cc1. The summed E-state index contributed by atoms with van der Waals surface area (Å²) in [7, 11) is 1.51. The maximum atomic E-state index is 14.0. The summed E-state index contributed by atoms with van der Waals surface area (Å²) in [5.74, 6) is -1.24. The molecule has 1 heterocycles. The van der Waals surface area contributed by atoms with Gasteiger partial charge in [-0.1, -0.05) is 46.3 Å². The minimum atomic E-state index is -0.825. The van der Waals surface area contributed by atoms with Crippen LogP contribution in [0.4, 0.5) is 14.9 Å². The number of carbonyl (C=O) groups is 3. The molecule has 0 aliphatic carbocycles. The van der Waals surface area contributed by atoms with E-state index in [2.05, 4.69) is 21.2 Å². The monoisotopic (exact) mass is 508 g/mol. The summed E-state index contributed by atoms with van der Waals surface area (Å²) in [5.41, 5.74) is 2.09. The average molecular weight is 509 g/mol. The van der Waals surface area contributed by atoms with Crippen molar-refractivity contribution in [3.63, 3.8) is 0 Å².